The summed E-state index contributed by atoms with van der Waals surface area (Å²) in [5, 5.41) is 2.75. The molecule has 0 fully saturated rings. The van der Waals surface area contributed by atoms with E-state index in [1.165, 1.54) is 0 Å². The summed E-state index contributed by atoms with van der Waals surface area (Å²) >= 11 is 5.41. The third-order valence-electron chi connectivity index (χ3n) is 2.84. The molecule has 1 aliphatic rings. The second kappa shape index (κ2) is 5.96. The molecule has 4 nitrogen and oxygen atoms in total. The average Bonchev–Trinajstić information content (AvgIpc) is 2.39. The molecule has 0 saturated carbocycles. The first-order chi connectivity index (χ1) is 8.70. The number of hydrogen-bond acceptors (Lipinski definition) is 3. The number of carbonyl (C=O) groups excluding carboxylic acids is 1. The van der Waals surface area contributed by atoms with Crippen molar-refractivity contribution in [2.24, 2.45) is 0 Å². The Morgan fingerprint density at radius 2 is 2.00 bits per heavy atom. The van der Waals surface area contributed by atoms with Crippen molar-refractivity contribution in [2.75, 3.05) is 25.6 Å². The predicted molar refractivity (Wildman–Crippen MR) is 69.6 cm³/mol. The van der Waals surface area contributed by atoms with E-state index < -0.39 is 0 Å². The van der Waals surface area contributed by atoms with Crippen LogP contribution in [0, 0.1) is 6.92 Å². The van der Waals surface area contributed by atoms with Crippen LogP contribution in [0.15, 0.2) is 12.1 Å². The number of amides is 1. The maximum Gasteiger partial charge on any atom is 0.234 e. The van der Waals surface area contributed by atoms with E-state index in [1.807, 2.05) is 19.1 Å². The SMILES string of the molecule is Cc1cc2c(cc1CCNC(=O)CCl)OCCO2. The summed E-state index contributed by atoms with van der Waals surface area (Å²) in [6, 6.07) is 3.96. The lowest BCUT2D eigenvalue weighted by atomic mass is 10.0. The van der Waals surface area contributed by atoms with E-state index >= 15 is 0 Å². The van der Waals surface area contributed by atoms with Gasteiger partial charge in [-0.25, -0.2) is 0 Å². The fourth-order valence-corrected chi connectivity index (χ4v) is 1.98. The molecule has 18 heavy (non-hydrogen) atoms. The van der Waals surface area contributed by atoms with Crippen molar-refractivity contribution < 1.29 is 14.3 Å². The Morgan fingerprint density at radius 1 is 1.33 bits per heavy atom. The zero-order chi connectivity index (χ0) is 13.0. The van der Waals surface area contributed by atoms with Crippen LogP contribution in [0.1, 0.15) is 11.1 Å². The Labute approximate surface area is 111 Å². The van der Waals surface area contributed by atoms with E-state index in [-0.39, 0.29) is 11.8 Å². The lowest BCUT2D eigenvalue weighted by Crippen LogP contribution is -2.26. The van der Waals surface area contributed by atoms with E-state index in [0.717, 1.165) is 29.0 Å². The third kappa shape index (κ3) is 3.07. The molecule has 5 heteroatoms. The Hall–Kier alpha value is -1.42. The third-order valence-corrected chi connectivity index (χ3v) is 3.08. The van der Waals surface area contributed by atoms with E-state index in [9.17, 15) is 4.79 Å². The van der Waals surface area contributed by atoms with Crippen LogP contribution in [-0.2, 0) is 11.2 Å². The van der Waals surface area contributed by atoms with Crippen LogP contribution in [0.2, 0.25) is 0 Å². The first-order valence-corrected chi connectivity index (χ1v) is 6.46. The quantitative estimate of drug-likeness (QED) is 0.846. The molecule has 0 unspecified atom stereocenters. The molecule has 0 radical (unpaired) electrons. The summed E-state index contributed by atoms with van der Waals surface area (Å²) in [5.74, 6) is 1.44. The number of hydrogen-bond donors (Lipinski definition) is 1. The number of ether oxygens (including phenoxy) is 2. The molecule has 0 aliphatic carbocycles. The summed E-state index contributed by atoms with van der Waals surface area (Å²) < 4.78 is 11.0. The monoisotopic (exact) mass is 269 g/mol. The van der Waals surface area contributed by atoms with Crippen LogP contribution in [-0.4, -0.2) is 31.5 Å². The molecule has 0 aromatic heterocycles. The van der Waals surface area contributed by atoms with Gasteiger partial charge in [-0.2, -0.15) is 0 Å². The molecule has 1 aromatic carbocycles. The van der Waals surface area contributed by atoms with Crippen LogP contribution < -0.4 is 14.8 Å². The van der Waals surface area contributed by atoms with Crippen molar-refractivity contribution in [3.8, 4) is 11.5 Å². The van der Waals surface area contributed by atoms with Crippen molar-refractivity contribution in [3.63, 3.8) is 0 Å². The largest absolute Gasteiger partial charge is 0.486 e. The fourth-order valence-electron chi connectivity index (χ4n) is 1.89. The van der Waals surface area contributed by atoms with Gasteiger partial charge in [0.25, 0.3) is 0 Å². The number of alkyl halides is 1. The number of halogens is 1. The van der Waals surface area contributed by atoms with Gasteiger partial charge in [0, 0.05) is 6.54 Å². The van der Waals surface area contributed by atoms with Gasteiger partial charge >= 0.3 is 0 Å². The van der Waals surface area contributed by atoms with Gasteiger partial charge in [-0.15, -0.1) is 11.6 Å². The van der Waals surface area contributed by atoms with Crippen LogP contribution in [0.5, 0.6) is 11.5 Å². The Bertz CT molecular complexity index is 448. The molecule has 0 spiro atoms. The topological polar surface area (TPSA) is 47.6 Å². The Morgan fingerprint density at radius 3 is 2.67 bits per heavy atom. The van der Waals surface area contributed by atoms with E-state index in [4.69, 9.17) is 21.1 Å². The Kier molecular flexibility index (Phi) is 4.31. The highest BCUT2D eigenvalue weighted by Crippen LogP contribution is 2.33. The maximum atomic E-state index is 11.0. The highest BCUT2D eigenvalue weighted by atomic mass is 35.5. The van der Waals surface area contributed by atoms with Gasteiger partial charge in [-0.05, 0) is 36.6 Å². The average molecular weight is 270 g/mol. The van der Waals surface area contributed by atoms with Crippen LogP contribution in [0.4, 0.5) is 0 Å². The normalized spacial score (nSPS) is 13.2. The highest BCUT2D eigenvalue weighted by molar-refractivity contribution is 6.27. The molecule has 0 saturated heterocycles. The molecule has 2 rings (SSSR count). The Balaban J connectivity index is 2.02. The lowest BCUT2D eigenvalue weighted by Gasteiger charge is -2.20. The second-order valence-corrected chi connectivity index (χ2v) is 4.42. The van der Waals surface area contributed by atoms with Crippen LogP contribution in [0.3, 0.4) is 0 Å². The van der Waals surface area contributed by atoms with Crippen LogP contribution >= 0.6 is 11.6 Å². The molecule has 98 valence electrons. The highest BCUT2D eigenvalue weighted by Gasteiger charge is 2.13. The van der Waals surface area contributed by atoms with Crippen molar-refractivity contribution in [1.29, 1.82) is 0 Å². The summed E-state index contributed by atoms with van der Waals surface area (Å²) in [5.41, 5.74) is 2.29. The van der Waals surface area contributed by atoms with E-state index in [0.29, 0.717) is 19.8 Å². The zero-order valence-corrected chi connectivity index (χ0v) is 11.0. The zero-order valence-electron chi connectivity index (χ0n) is 10.3. The molecule has 1 aliphatic heterocycles. The molecule has 0 atom stereocenters. The van der Waals surface area contributed by atoms with Crippen molar-refractivity contribution >= 4 is 17.5 Å². The minimum atomic E-state index is -0.146. The number of carbonyl (C=O) groups is 1. The number of aryl methyl sites for hydroxylation is 1. The standard InChI is InChI=1S/C13H16ClNO3/c1-9-6-11-12(18-5-4-17-11)7-10(9)2-3-15-13(16)8-14/h6-7H,2-5,8H2,1H3,(H,15,16). The molecule has 0 bridgehead atoms. The maximum absolute atomic E-state index is 11.0. The van der Waals surface area contributed by atoms with Gasteiger partial charge in [-0.3, -0.25) is 4.79 Å². The van der Waals surface area contributed by atoms with Gasteiger partial charge < -0.3 is 14.8 Å². The van der Waals surface area contributed by atoms with Gasteiger partial charge in [0.1, 0.15) is 19.1 Å². The van der Waals surface area contributed by atoms with Gasteiger partial charge in [0.05, 0.1) is 0 Å². The molecular weight excluding hydrogens is 254 g/mol. The van der Waals surface area contributed by atoms with Crippen molar-refractivity contribution in [2.45, 2.75) is 13.3 Å². The molecule has 1 aromatic rings. The molecule has 1 N–H and O–H groups in total. The summed E-state index contributed by atoms with van der Waals surface area (Å²) in [6.07, 6.45) is 0.755. The predicted octanol–water partition coefficient (Wildman–Crippen LogP) is 1.66. The van der Waals surface area contributed by atoms with E-state index in [2.05, 4.69) is 5.32 Å². The van der Waals surface area contributed by atoms with Crippen LogP contribution in [0.25, 0.3) is 0 Å². The first kappa shape index (κ1) is 13.0. The first-order valence-electron chi connectivity index (χ1n) is 5.92. The minimum absolute atomic E-state index is 0.000120. The second-order valence-electron chi connectivity index (χ2n) is 4.16. The van der Waals surface area contributed by atoms with Gasteiger partial charge in [0.15, 0.2) is 11.5 Å². The number of benzene rings is 1. The summed E-state index contributed by atoms with van der Waals surface area (Å²) in [7, 11) is 0. The number of fused-ring (bicyclic) bond motifs is 1. The van der Waals surface area contributed by atoms with Crippen molar-refractivity contribution in [1.82, 2.24) is 5.32 Å². The van der Waals surface area contributed by atoms with Crippen molar-refractivity contribution in [3.05, 3.63) is 23.3 Å². The van der Waals surface area contributed by atoms with E-state index in [1.54, 1.807) is 0 Å². The van der Waals surface area contributed by atoms with Gasteiger partial charge in [-0.1, -0.05) is 0 Å². The fraction of sp³-hybridized carbons (Fsp3) is 0.462. The lowest BCUT2D eigenvalue weighted by molar-refractivity contribution is -0.118. The number of rotatable bonds is 4. The molecule has 1 amide bonds. The molecular formula is C13H16ClNO3. The number of nitrogens with one attached hydrogen (secondary N) is 1. The minimum Gasteiger partial charge on any atom is -0.486 e. The summed E-state index contributed by atoms with van der Waals surface area (Å²) in [6.45, 7) is 3.78. The summed E-state index contributed by atoms with van der Waals surface area (Å²) in [4.78, 5) is 11.0. The molecule has 1 heterocycles. The van der Waals surface area contributed by atoms with Gasteiger partial charge in [0.2, 0.25) is 5.91 Å². The smallest absolute Gasteiger partial charge is 0.234 e.